The molecule has 0 heterocycles. The molecule has 14 heavy (non-hydrogen) atoms. The summed E-state index contributed by atoms with van der Waals surface area (Å²) in [6.07, 6.45) is 2.28. The number of halogens is 1. The van der Waals surface area contributed by atoms with Gasteiger partial charge in [-0.05, 0) is 35.4 Å². The summed E-state index contributed by atoms with van der Waals surface area (Å²) >= 11 is 3.66. The Morgan fingerprint density at radius 1 is 1.21 bits per heavy atom. The first-order valence-electron chi connectivity index (χ1n) is 5.30. The number of hydrogen-bond acceptors (Lipinski definition) is 0. The third-order valence-electron chi connectivity index (χ3n) is 3.04. The molecule has 1 heteroatoms. The van der Waals surface area contributed by atoms with Crippen LogP contribution in [0.5, 0.6) is 0 Å². The molecule has 0 aliphatic carbocycles. The van der Waals surface area contributed by atoms with E-state index in [1.807, 2.05) is 0 Å². The lowest BCUT2D eigenvalue weighted by atomic mass is 9.79. The number of rotatable bonds is 3. The highest BCUT2D eigenvalue weighted by Gasteiger charge is 2.23. The van der Waals surface area contributed by atoms with E-state index in [1.54, 1.807) is 0 Å². The highest BCUT2D eigenvalue weighted by atomic mass is 79.9. The molecule has 0 spiro atoms. The maximum absolute atomic E-state index is 3.66. The van der Waals surface area contributed by atoms with E-state index in [9.17, 15) is 0 Å². The molecule has 0 aliphatic heterocycles. The molecule has 1 aromatic carbocycles. The third kappa shape index (κ3) is 2.20. The Bertz CT molecular complexity index is 313. The normalized spacial score (nSPS) is 11.8. The monoisotopic (exact) mass is 254 g/mol. The molecule has 0 saturated carbocycles. The second kappa shape index (κ2) is 4.48. The Hall–Kier alpha value is -0.300. The lowest BCUT2D eigenvalue weighted by Gasteiger charge is -2.27. The average Bonchev–Trinajstić information content (AvgIpc) is 2.17. The Morgan fingerprint density at radius 3 is 2.36 bits per heavy atom. The molecule has 0 atom stereocenters. The van der Waals surface area contributed by atoms with Crippen molar-refractivity contribution >= 4 is 15.9 Å². The fourth-order valence-corrected chi connectivity index (χ4v) is 2.74. The van der Waals surface area contributed by atoms with Crippen molar-refractivity contribution in [3.8, 4) is 0 Å². The Balaban J connectivity index is 3.30. The van der Waals surface area contributed by atoms with Crippen LogP contribution in [0.25, 0.3) is 0 Å². The molecule has 0 fully saturated rings. The highest BCUT2D eigenvalue weighted by molar-refractivity contribution is 9.10. The Labute approximate surface area is 95.9 Å². The van der Waals surface area contributed by atoms with Crippen molar-refractivity contribution in [1.82, 2.24) is 0 Å². The van der Waals surface area contributed by atoms with Gasteiger partial charge in [0.15, 0.2) is 0 Å². The summed E-state index contributed by atoms with van der Waals surface area (Å²) in [5.41, 5.74) is 3.21. The minimum atomic E-state index is 0.269. The van der Waals surface area contributed by atoms with Crippen molar-refractivity contribution in [3.05, 3.63) is 33.8 Å². The molecular weight excluding hydrogens is 236 g/mol. The molecule has 0 N–H and O–H groups in total. The molecule has 1 rings (SSSR count). The van der Waals surface area contributed by atoms with Gasteiger partial charge >= 0.3 is 0 Å². The summed E-state index contributed by atoms with van der Waals surface area (Å²) in [5, 5.41) is 0. The van der Waals surface area contributed by atoms with Crippen LogP contribution in [0.4, 0.5) is 0 Å². The van der Waals surface area contributed by atoms with Crippen LogP contribution in [-0.2, 0) is 11.8 Å². The van der Waals surface area contributed by atoms with Gasteiger partial charge in [0.1, 0.15) is 0 Å². The van der Waals surface area contributed by atoms with Gasteiger partial charge in [0.2, 0.25) is 0 Å². The zero-order chi connectivity index (χ0) is 10.8. The zero-order valence-electron chi connectivity index (χ0n) is 9.52. The van der Waals surface area contributed by atoms with Gasteiger partial charge in [-0.2, -0.15) is 0 Å². The number of benzene rings is 1. The first kappa shape index (κ1) is 11.8. The molecule has 0 unspecified atom stereocenters. The van der Waals surface area contributed by atoms with Crippen LogP contribution in [-0.4, -0.2) is 0 Å². The van der Waals surface area contributed by atoms with E-state index >= 15 is 0 Å². The van der Waals surface area contributed by atoms with Gasteiger partial charge < -0.3 is 0 Å². The molecule has 0 radical (unpaired) electrons. The highest BCUT2D eigenvalue weighted by Crippen LogP contribution is 2.35. The van der Waals surface area contributed by atoms with E-state index in [4.69, 9.17) is 0 Å². The maximum atomic E-state index is 3.66. The van der Waals surface area contributed by atoms with Crippen LogP contribution in [0.2, 0.25) is 0 Å². The van der Waals surface area contributed by atoms with Gasteiger partial charge in [0.25, 0.3) is 0 Å². The lowest BCUT2D eigenvalue weighted by molar-refractivity contribution is 0.499. The molecule has 1 aromatic rings. The summed E-state index contributed by atoms with van der Waals surface area (Å²) in [7, 11) is 0. The fourth-order valence-electron chi connectivity index (χ4n) is 1.80. The van der Waals surface area contributed by atoms with Gasteiger partial charge in [-0.15, -0.1) is 0 Å². The first-order chi connectivity index (χ1) is 6.53. The smallest absolute Gasteiger partial charge is 0.0215 e. The van der Waals surface area contributed by atoms with Gasteiger partial charge in [0, 0.05) is 4.47 Å². The quantitative estimate of drug-likeness (QED) is 0.734. The van der Waals surface area contributed by atoms with Crippen LogP contribution in [0, 0.1) is 0 Å². The second-order valence-corrected chi connectivity index (χ2v) is 5.22. The molecule has 78 valence electrons. The predicted octanol–water partition coefficient (Wildman–Crippen LogP) is 4.70. The van der Waals surface area contributed by atoms with Crippen LogP contribution in [0.1, 0.15) is 45.2 Å². The lowest BCUT2D eigenvalue weighted by Crippen LogP contribution is -2.18. The van der Waals surface area contributed by atoms with Crippen molar-refractivity contribution < 1.29 is 0 Å². The molecule has 0 aliphatic rings. The van der Waals surface area contributed by atoms with Crippen LogP contribution < -0.4 is 0 Å². The van der Waals surface area contributed by atoms with E-state index in [-0.39, 0.29) is 5.41 Å². The summed E-state index contributed by atoms with van der Waals surface area (Å²) in [6.45, 7) is 9.09. The van der Waals surface area contributed by atoms with E-state index in [0.717, 1.165) is 6.42 Å². The molecule has 0 nitrogen and oxygen atoms in total. The van der Waals surface area contributed by atoms with Crippen LogP contribution >= 0.6 is 15.9 Å². The zero-order valence-corrected chi connectivity index (χ0v) is 11.1. The maximum Gasteiger partial charge on any atom is 0.0215 e. The largest absolute Gasteiger partial charge is 0.0646 e. The molecule has 0 saturated heterocycles. The standard InChI is InChI=1S/C13H19Br/c1-5-10-8-7-9-11(14)12(10)13(3,4)6-2/h7-9H,5-6H2,1-4H3. The molecule has 0 amide bonds. The SMILES string of the molecule is CCc1cccc(Br)c1C(C)(C)CC. The van der Waals surface area contributed by atoms with E-state index in [1.165, 1.54) is 22.0 Å². The van der Waals surface area contributed by atoms with Crippen molar-refractivity contribution in [2.45, 2.75) is 46.0 Å². The van der Waals surface area contributed by atoms with Gasteiger partial charge in [-0.3, -0.25) is 0 Å². The van der Waals surface area contributed by atoms with Crippen molar-refractivity contribution in [2.24, 2.45) is 0 Å². The van der Waals surface area contributed by atoms with Crippen molar-refractivity contribution in [1.29, 1.82) is 0 Å². The Morgan fingerprint density at radius 2 is 1.86 bits per heavy atom. The van der Waals surface area contributed by atoms with Crippen LogP contribution in [0.3, 0.4) is 0 Å². The van der Waals surface area contributed by atoms with E-state index in [0.29, 0.717) is 0 Å². The van der Waals surface area contributed by atoms with Crippen molar-refractivity contribution in [3.63, 3.8) is 0 Å². The van der Waals surface area contributed by atoms with Crippen molar-refractivity contribution in [2.75, 3.05) is 0 Å². The topological polar surface area (TPSA) is 0 Å². The van der Waals surface area contributed by atoms with Gasteiger partial charge in [-0.25, -0.2) is 0 Å². The summed E-state index contributed by atoms with van der Waals surface area (Å²) < 4.78 is 1.25. The summed E-state index contributed by atoms with van der Waals surface area (Å²) in [6, 6.07) is 6.50. The van der Waals surface area contributed by atoms with E-state index < -0.39 is 0 Å². The summed E-state index contributed by atoms with van der Waals surface area (Å²) in [4.78, 5) is 0. The van der Waals surface area contributed by atoms with Gasteiger partial charge in [0.05, 0.1) is 0 Å². The minimum Gasteiger partial charge on any atom is -0.0646 e. The first-order valence-corrected chi connectivity index (χ1v) is 6.10. The third-order valence-corrected chi connectivity index (χ3v) is 3.70. The minimum absolute atomic E-state index is 0.269. The Kier molecular flexibility index (Phi) is 3.77. The summed E-state index contributed by atoms with van der Waals surface area (Å²) in [5.74, 6) is 0. The van der Waals surface area contributed by atoms with E-state index in [2.05, 4.69) is 61.8 Å². The molecule has 0 aromatic heterocycles. The molecule has 0 bridgehead atoms. The van der Waals surface area contributed by atoms with Gasteiger partial charge in [-0.1, -0.05) is 55.8 Å². The second-order valence-electron chi connectivity index (χ2n) is 4.36. The fraction of sp³-hybridized carbons (Fsp3) is 0.538. The van der Waals surface area contributed by atoms with Crippen LogP contribution in [0.15, 0.2) is 22.7 Å². The number of aryl methyl sites for hydroxylation is 1. The average molecular weight is 255 g/mol. The predicted molar refractivity (Wildman–Crippen MR) is 66.8 cm³/mol. The molecular formula is C13H19Br. The number of hydrogen-bond donors (Lipinski definition) is 0.